The van der Waals surface area contributed by atoms with Crippen LogP contribution in [0.3, 0.4) is 0 Å². The van der Waals surface area contributed by atoms with E-state index < -0.39 is 5.82 Å². The number of anilines is 2. The maximum Gasteiger partial charge on any atom is 0.149 e. The highest BCUT2D eigenvalue weighted by molar-refractivity contribution is 6.33. The lowest BCUT2D eigenvalue weighted by Crippen LogP contribution is -2.06. The van der Waals surface area contributed by atoms with Gasteiger partial charge < -0.3 is 21.6 Å². The molecule has 0 amide bonds. The average Bonchev–Trinajstić information content (AvgIpc) is 2.44. The minimum Gasteiger partial charge on any atom is -0.487 e. The van der Waals surface area contributed by atoms with Crippen LogP contribution in [-0.4, -0.2) is 15.7 Å². The molecule has 0 bridgehead atoms. The number of hydrogen-bond acceptors (Lipinski definition) is 6. The minimum atomic E-state index is -0.610. The monoisotopic (exact) mass is 309 g/mol. The molecule has 5 N–H and O–H groups in total. The van der Waals surface area contributed by atoms with Crippen molar-refractivity contribution >= 4 is 28.9 Å². The zero-order valence-corrected chi connectivity index (χ0v) is 11.9. The molecule has 21 heavy (non-hydrogen) atoms. The molecule has 110 valence electrons. The number of pyridine rings is 2. The molecular weight excluding hydrogens is 297 g/mol. The number of nitrogen functional groups attached to an aromatic ring is 2. The number of halogens is 2. The first-order chi connectivity index (χ1) is 9.90. The summed E-state index contributed by atoms with van der Waals surface area (Å²) in [6.07, 6.45) is 2.37. The number of nitrogens with zero attached hydrogens (tertiary/aromatic N) is 2. The zero-order chi connectivity index (χ0) is 15.6. The van der Waals surface area contributed by atoms with Crippen LogP contribution in [0.25, 0.3) is 0 Å². The Balaban J connectivity index is 2.23. The predicted octanol–water partition coefficient (Wildman–Crippen LogP) is 2.40. The van der Waals surface area contributed by atoms with Gasteiger partial charge in [0.05, 0.1) is 17.4 Å². The molecular formula is C13H13ClFN5O. The summed E-state index contributed by atoms with van der Waals surface area (Å²) >= 11 is 5.89. The smallest absolute Gasteiger partial charge is 0.149 e. The van der Waals surface area contributed by atoms with E-state index in [4.69, 9.17) is 33.2 Å². The molecule has 0 atom stereocenters. The highest BCUT2D eigenvalue weighted by Crippen LogP contribution is 2.26. The van der Waals surface area contributed by atoms with E-state index in [0.29, 0.717) is 11.3 Å². The van der Waals surface area contributed by atoms with Crippen LogP contribution in [0.2, 0.25) is 5.02 Å². The molecule has 6 nitrogen and oxygen atoms in total. The Kier molecular flexibility index (Phi) is 4.23. The number of hydrogen-bond donors (Lipinski definition) is 3. The molecule has 2 aromatic rings. The van der Waals surface area contributed by atoms with Crippen molar-refractivity contribution in [1.29, 1.82) is 5.41 Å². The molecule has 0 saturated carbocycles. The second-order valence-electron chi connectivity index (χ2n) is 4.30. The third-order valence-corrected chi connectivity index (χ3v) is 3.20. The normalized spacial score (nSPS) is 10.4. The van der Waals surface area contributed by atoms with Crippen molar-refractivity contribution in [2.45, 2.75) is 13.5 Å². The minimum absolute atomic E-state index is 0.0156. The molecule has 0 fully saturated rings. The number of nitrogens with two attached hydrogens (primary N) is 2. The van der Waals surface area contributed by atoms with E-state index in [0.717, 1.165) is 6.20 Å². The summed E-state index contributed by atoms with van der Waals surface area (Å²) < 4.78 is 19.1. The fourth-order valence-corrected chi connectivity index (χ4v) is 1.84. The van der Waals surface area contributed by atoms with E-state index in [-0.39, 0.29) is 34.5 Å². The van der Waals surface area contributed by atoms with Gasteiger partial charge in [-0.25, -0.2) is 14.4 Å². The molecule has 0 unspecified atom stereocenters. The summed E-state index contributed by atoms with van der Waals surface area (Å²) in [4.78, 5) is 7.52. The van der Waals surface area contributed by atoms with E-state index in [2.05, 4.69) is 9.97 Å². The van der Waals surface area contributed by atoms with Crippen LogP contribution in [0, 0.1) is 11.2 Å². The van der Waals surface area contributed by atoms with Gasteiger partial charge in [-0.05, 0) is 13.0 Å². The largest absolute Gasteiger partial charge is 0.487 e. The Bertz CT molecular complexity index is 707. The van der Waals surface area contributed by atoms with E-state index >= 15 is 0 Å². The fraction of sp³-hybridized carbons (Fsp3) is 0.154. The van der Waals surface area contributed by atoms with E-state index in [1.807, 2.05) is 0 Å². The van der Waals surface area contributed by atoms with Crippen LogP contribution in [0.15, 0.2) is 18.5 Å². The topological polar surface area (TPSA) is 111 Å². The number of aromatic nitrogens is 2. The van der Waals surface area contributed by atoms with Crippen LogP contribution < -0.4 is 16.2 Å². The Hall–Kier alpha value is -2.41. The second kappa shape index (κ2) is 5.92. The van der Waals surface area contributed by atoms with Crippen LogP contribution in [0.1, 0.15) is 18.1 Å². The van der Waals surface area contributed by atoms with Gasteiger partial charge in [0.1, 0.15) is 29.8 Å². The van der Waals surface area contributed by atoms with Crippen molar-refractivity contribution < 1.29 is 9.13 Å². The Labute approximate surface area is 125 Å². The van der Waals surface area contributed by atoms with Crippen molar-refractivity contribution in [3.05, 3.63) is 40.4 Å². The molecule has 2 rings (SSSR count). The van der Waals surface area contributed by atoms with Gasteiger partial charge in [0.2, 0.25) is 0 Å². The molecule has 8 heteroatoms. The molecule has 2 aromatic heterocycles. The van der Waals surface area contributed by atoms with Gasteiger partial charge in [0, 0.05) is 16.8 Å². The summed E-state index contributed by atoms with van der Waals surface area (Å²) in [5, 5.41) is 7.60. The van der Waals surface area contributed by atoms with E-state index in [1.54, 1.807) is 13.0 Å². The number of rotatable bonds is 4. The lowest BCUT2D eigenvalue weighted by atomic mass is 10.2. The van der Waals surface area contributed by atoms with Crippen LogP contribution in [0.4, 0.5) is 16.0 Å². The summed E-state index contributed by atoms with van der Waals surface area (Å²) in [6.45, 7) is 1.44. The Morgan fingerprint density at radius 1 is 1.33 bits per heavy atom. The van der Waals surface area contributed by atoms with Gasteiger partial charge in [-0.1, -0.05) is 11.6 Å². The molecule has 0 saturated heterocycles. The highest BCUT2D eigenvalue weighted by atomic mass is 35.5. The first kappa shape index (κ1) is 15.0. The summed E-state index contributed by atoms with van der Waals surface area (Å²) in [6, 6.07) is 1.56. The first-order valence-electron chi connectivity index (χ1n) is 5.92. The maximum absolute atomic E-state index is 13.7. The summed E-state index contributed by atoms with van der Waals surface area (Å²) in [5.74, 6) is -0.00643. The van der Waals surface area contributed by atoms with Gasteiger partial charge in [-0.3, -0.25) is 0 Å². The molecule has 0 aliphatic heterocycles. The van der Waals surface area contributed by atoms with Gasteiger partial charge >= 0.3 is 0 Å². The molecule has 0 radical (unpaired) electrons. The lowest BCUT2D eigenvalue weighted by Gasteiger charge is -2.11. The first-order valence-corrected chi connectivity index (χ1v) is 6.30. The van der Waals surface area contributed by atoms with Crippen molar-refractivity contribution in [1.82, 2.24) is 9.97 Å². The lowest BCUT2D eigenvalue weighted by molar-refractivity contribution is 0.298. The van der Waals surface area contributed by atoms with Gasteiger partial charge in [-0.2, -0.15) is 0 Å². The number of ether oxygens (including phenoxy) is 1. The molecule has 0 aliphatic carbocycles. The average molecular weight is 310 g/mol. The highest BCUT2D eigenvalue weighted by Gasteiger charge is 2.13. The predicted molar refractivity (Wildman–Crippen MR) is 79.1 cm³/mol. The van der Waals surface area contributed by atoms with Crippen LogP contribution in [0.5, 0.6) is 5.75 Å². The van der Waals surface area contributed by atoms with Gasteiger partial charge in [0.15, 0.2) is 0 Å². The summed E-state index contributed by atoms with van der Waals surface area (Å²) in [7, 11) is 0. The molecule has 0 spiro atoms. The van der Waals surface area contributed by atoms with Crippen molar-refractivity contribution in [3.8, 4) is 5.75 Å². The van der Waals surface area contributed by atoms with Crippen molar-refractivity contribution in [2.75, 3.05) is 11.5 Å². The van der Waals surface area contributed by atoms with Crippen molar-refractivity contribution in [3.63, 3.8) is 0 Å². The fourth-order valence-electron chi connectivity index (χ4n) is 1.64. The molecule has 2 heterocycles. The van der Waals surface area contributed by atoms with Crippen LogP contribution >= 0.6 is 11.6 Å². The summed E-state index contributed by atoms with van der Waals surface area (Å²) in [5.41, 5.74) is 12.0. The quantitative estimate of drug-likeness (QED) is 0.751. The van der Waals surface area contributed by atoms with Gasteiger partial charge in [0.25, 0.3) is 0 Å². The SMILES string of the molecule is CC(=N)c1cc(OCc2c(F)cnc(N)c2Cl)cnc1N. The third kappa shape index (κ3) is 3.19. The van der Waals surface area contributed by atoms with Crippen LogP contribution in [-0.2, 0) is 6.61 Å². The van der Waals surface area contributed by atoms with Crippen molar-refractivity contribution in [2.24, 2.45) is 0 Å². The Morgan fingerprint density at radius 3 is 2.67 bits per heavy atom. The third-order valence-electron chi connectivity index (χ3n) is 2.78. The van der Waals surface area contributed by atoms with E-state index in [9.17, 15) is 4.39 Å². The maximum atomic E-state index is 13.7. The number of nitrogens with one attached hydrogen (secondary N) is 1. The zero-order valence-electron chi connectivity index (χ0n) is 11.2. The van der Waals surface area contributed by atoms with E-state index in [1.165, 1.54) is 6.20 Å². The molecule has 0 aliphatic rings. The second-order valence-corrected chi connectivity index (χ2v) is 4.68. The standard InChI is InChI=1S/C13H13ClFN5O/c1-6(16)8-2-7(3-19-12(8)17)21-5-9-10(15)4-20-13(18)11(9)14/h2-4,16H,5H2,1H3,(H2,17,19)(H2,18,20). The Morgan fingerprint density at radius 2 is 2.00 bits per heavy atom. The molecule has 0 aromatic carbocycles. The van der Waals surface area contributed by atoms with Gasteiger partial charge in [-0.15, -0.1) is 0 Å².